The van der Waals surface area contributed by atoms with E-state index in [1.807, 2.05) is 35.2 Å². The van der Waals surface area contributed by atoms with Crippen molar-refractivity contribution < 1.29 is 9.66 Å². The molecule has 0 aliphatic carbocycles. The van der Waals surface area contributed by atoms with Crippen LogP contribution in [0, 0.1) is 10.1 Å². The Morgan fingerprint density at radius 3 is 2.61 bits per heavy atom. The van der Waals surface area contributed by atoms with Crippen LogP contribution < -0.4 is 4.90 Å². The number of benzene rings is 1. The number of rotatable bonds is 5. The third-order valence-corrected chi connectivity index (χ3v) is 4.03. The van der Waals surface area contributed by atoms with Crippen molar-refractivity contribution in [3.63, 3.8) is 0 Å². The molecular weight excluding hydrogens is 294 g/mol. The van der Waals surface area contributed by atoms with Gasteiger partial charge in [-0.1, -0.05) is 30.3 Å². The van der Waals surface area contributed by atoms with Crippen LogP contribution in [0.2, 0.25) is 0 Å². The van der Waals surface area contributed by atoms with E-state index in [4.69, 9.17) is 4.74 Å². The summed E-state index contributed by atoms with van der Waals surface area (Å²) in [5.41, 5.74) is 1.23. The summed E-state index contributed by atoms with van der Waals surface area (Å²) in [6, 6.07) is 13.2. The van der Waals surface area contributed by atoms with Gasteiger partial charge < -0.3 is 9.64 Å². The first-order valence-electron chi connectivity index (χ1n) is 7.74. The van der Waals surface area contributed by atoms with E-state index in [-0.39, 0.29) is 16.7 Å². The molecule has 2 heterocycles. The number of piperidine rings is 1. The Hall–Kier alpha value is -2.47. The summed E-state index contributed by atoms with van der Waals surface area (Å²) in [5.74, 6) is 0.457. The van der Waals surface area contributed by atoms with Gasteiger partial charge >= 0.3 is 5.69 Å². The van der Waals surface area contributed by atoms with Crippen LogP contribution in [0.5, 0.6) is 0 Å². The minimum Gasteiger partial charge on any atom is -0.373 e. The van der Waals surface area contributed by atoms with E-state index in [1.165, 1.54) is 6.07 Å². The normalized spacial score (nSPS) is 15.6. The van der Waals surface area contributed by atoms with Gasteiger partial charge in [0.25, 0.3) is 0 Å². The molecule has 6 nitrogen and oxygen atoms in total. The lowest BCUT2D eigenvalue weighted by Gasteiger charge is -2.32. The number of hydrogen-bond donors (Lipinski definition) is 0. The molecule has 1 aromatic carbocycles. The van der Waals surface area contributed by atoms with Crippen molar-refractivity contribution in [2.24, 2.45) is 0 Å². The topological polar surface area (TPSA) is 68.5 Å². The number of hydrogen-bond acceptors (Lipinski definition) is 5. The number of pyridine rings is 1. The molecule has 0 bridgehead atoms. The van der Waals surface area contributed by atoms with Crippen LogP contribution >= 0.6 is 0 Å². The fourth-order valence-corrected chi connectivity index (χ4v) is 2.80. The highest BCUT2D eigenvalue weighted by molar-refractivity contribution is 5.57. The van der Waals surface area contributed by atoms with Gasteiger partial charge in [-0.2, -0.15) is 0 Å². The lowest BCUT2D eigenvalue weighted by Crippen LogP contribution is -2.37. The summed E-state index contributed by atoms with van der Waals surface area (Å²) in [5, 5.41) is 11.1. The Morgan fingerprint density at radius 1 is 1.17 bits per heavy atom. The van der Waals surface area contributed by atoms with Crippen LogP contribution in [-0.4, -0.2) is 29.1 Å². The minimum absolute atomic E-state index is 0.0659. The maximum absolute atomic E-state index is 11.1. The fraction of sp³-hybridized carbons (Fsp3) is 0.353. The van der Waals surface area contributed by atoms with Gasteiger partial charge in [0.15, 0.2) is 0 Å². The second-order valence-corrected chi connectivity index (χ2v) is 5.59. The maximum Gasteiger partial charge on any atom is 0.311 e. The molecule has 3 rings (SSSR count). The molecule has 1 fully saturated rings. The molecule has 0 spiro atoms. The molecule has 0 saturated carbocycles. The predicted molar refractivity (Wildman–Crippen MR) is 87.4 cm³/mol. The summed E-state index contributed by atoms with van der Waals surface area (Å²) in [6.07, 6.45) is 3.48. The molecule has 0 atom stereocenters. The van der Waals surface area contributed by atoms with Crippen LogP contribution in [0.25, 0.3) is 0 Å². The van der Waals surface area contributed by atoms with Crippen molar-refractivity contribution >= 4 is 11.5 Å². The smallest absolute Gasteiger partial charge is 0.311 e. The fourth-order valence-electron chi connectivity index (χ4n) is 2.80. The lowest BCUT2D eigenvalue weighted by molar-refractivity contribution is -0.384. The quantitative estimate of drug-likeness (QED) is 0.626. The summed E-state index contributed by atoms with van der Waals surface area (Å²) in [7, 11) is 0. The molecule has 120 valence electrons. The summed E-state index contributed by atoms with van der Waals surface area (Å²) >= 11 is 0. The van der Waals surface area contributed by atoms with Crippen LogP contribution in [0.15, 0.2) is 48.7 Å². The van der Waals surface area contributed by atoms with E-state index in [9.17, 15) is 10.1 Å². The van der Waals surface area contributed by atoms with Crippen molar-refractivity contribution in [2.45, 2.75) is 25.6 Å². The van der Waals surface area contributed by atoms with Gasteiger partial charge in [0, 0.05) is 25.4 Å². The van der Waals surface area contributed by atoms with Crippen LogP contribution in [0.3, 0.4) is 0 Å². The zero-order valence-corrected chi connectivity index (χ0v) is 12.8. The minimum atomic E-state index is -0.375. The molecule has 1 aliphatic rings. The SMILES string of the molecule is O=[N+]([O-])c1cccnc1N1CCC(OCc2ccccc2)CC1. The predicted octanol–water partition coefficient (Wildman–Crippen LogP) is 3.18. The molecule has 0 amide bonds. The van der Waals surface area contributed by atoms with Crippen LogP contribution in [0.4, 0.5) is 11.5 Å². The van der Waals surface area contributed by atoms with Gasteiger partial charge in [0.05, 0.1) is 17.6 Å². The number of aromatic nitrogens is 1. The van der Waals surface area contributed by atoms with Crippen molar-refractivity contribution in [3.05, 3.63) is 64.3 Å². The Balaban J connectivity index is 1.55. The maximum atomic E-state index is 11.1. The molecule has 2 aromatic rings. The van der Waals surface area contributed by atoms with E-state index in [0.717, 1.165) is 31.5 Å². The van der Waals surface area contributed by atoms with E-state index < -0.39 is 0 Å². The first-order valence-corrected chi connectivity index (χ1v) is 7.74. The highest BCUT2D eigenvalue weighted by atomic mass is 16.6. The molecule has 1 aromatic heterocycles. The Kier molecular flexibility index (Phi) is 4.83. The molecular formula is C17H19N3O3. The highest BCUT2D eigenvalue weighted by Gasteiger charge is 2.25. The monoisotopic (exact) mass is 313 g/mol. The highest BCUT2D eigenvalue weighted by Crippen LogP contribution is 2.28. The Morgan fingerprint density at radius 2 is 1.91 bits per heavy atom. The number of nitrogens with zero attached hydrogens (tertiary/aromatic N) is 3. The third-order valence-electron chi connectivity index (χ3n) is 4.03. The van der Waals surface area contributed by atoms with Gasteiger partial charge in [-0.05, 0) is 24.5 Å². The molecule has 0 radical (unpaired) electrons. The first-order chi connectivity index (χ1) is 11.2. The van der Waals surface area contributed by atoms with Crippen molar-refractivity contribution in [1.82, 2.24) is 4.98 Å². The molecule has 1 aliphatic heterocycles. The van der Waals surface area contributed by atoms with Gasteiger partial charge in [0.1, 0.15) is 0 Å². The van der Waals surface area contributed by atoms with Gasteiger partial charge in [-0.15, -0.1) is 0 Å². The average Bonchev–Trinajstić information content (AvgIpc) is 2.61. The van der Waals surface area contributed by atoms with Crippen molar-refractivity contribution in [2.75, 3.05) is 18.0 Å². The van der Waals surface area contributed by atoms with Crippen LogP contribution in [-0.2, 0) is 11.3 Å². The summed E-state index contributed by atoms with van der Waals surface area (Å²) < 4.78 is 5.95. The third kappa shape index (κ3) is 3.84. The van der Waals surface area contributed by atoms with E-state index in [0.29, 0.717) is 12.4 Å². The molecule has 23 heavy (non-hydrogen) atoms. The summed E-state index contributed by atoms with van der Waals surface area (Å²) in [6.45, 7) is 2.05. The van der Waals surface area contributed by atoms with Crippen LogP contribution in [0.1, 0.15) is 18.4 Å². The zero-order chi connectivity index (χ0) is 16.1. The molecule has 0 N–H and O–H groups in total. The van der Waals surface area contributed by atoms with E-state index in [2.05, 4.69) is 4.98 Å². The lowest BCUT2D eigenvalue weighted by atomic mass is 10.1. The Labute approximate surface area is 134 Å². The van der Waals surface area contributed by atoms with Gasteiger partial charge in [0.2, 0.25) is 5.82 Å². The van der Waals surface area contributed by atoms with E-state index in [1.54, 1.807) is 12.3 Å². The largest absolute Gasteiger partial charge is 0.373 e. The van der Waals surface area contributed by atoms with Gasteiger partial charge in [-0.3, -0.25) is 10.1 Å². The number of ether oxygens (including phenoxy) is 1. The number of anilines is 1. The van der Waals surface area contributed by atoms with Crippen molar-refractivity contribution in [3.8, 4) is 0 Å². The van der Waals surface area contributed by atoms with Gasteiger partial charge in [-0.25, -0.2) is 4.98 Å². The molecule has 1 saturated heterocycles. The Bertz CT molecular complexity index is 655. The van der Waals surface area contributed by atoms with E-state index >= 15 is 0 Å². The second-order valence-electron chi connectivity index (χ2n) is 5.59. The zero-order valence-electron chi connectivity index (χ0n) is 12.8. The number of nitro groups is 1. The molecule has 6 heteroatoms. The standard InChI is InChI=1S/C17H19N3O3/c21-20(22)16-7-4-10-18-17(16)19-11-8-15(9-12-19)23-13-14-5-2-1-3-6-14/h1-7,10,15H,8-9,11-13H2. The summed E-state index contributed by atoms with van der Waals surface area (Å²) in [4.78, 5) is 16.9. The average molecular weight is 313 g/mol. The molecule has 0 unspecified atom stereocenters. The van der Waals surface area contributed by atoms with Crippen molar-refractivity contribution in [1.29, 1.82) is 0 Å². The second kappa shape index (κ2) is 7.19. The first kappa shape index (κ1) is 15.4.